The predicted molar refractivity (Wildman–Crippen MR) is 216 cm³/mol. The van der Waals surface area contributed by atoms with Gasteiger partial charge in [0.1, 0.15) is 29.1 Å². The van der Waals surface area contributed by atoms with Crippen LogP contribution >= 0.6 is 0 Å². The van der Waals surface area contributed by atoms with Gasteiger partial charge in [0.15, 0.2) is 0 Å². The summed E-state index contributed by atoms with van der Waals surface area (Å²) in [6.45, 7) is 15.0. The number of ether oxygens (including phenoxy) is 4. The zero-order chi connectivity index (χ0) is 36.2. The molecule has 0 saturated carbocycles. The molecular formula is C44H64BNO4. The second-order valence-corrected chi connectivity index (χ2v) is 13.6. The number of nitrogens with zero attached hydrogens (tertiary/aromatic N) is 1. The van der Waals surface area contributed by atoms with E-state index in [4.69, 9.17) is 18.9 Å². The van der Waals surface area contributed by atoms with Crippen LogP contribution in [0.25, 0.3) is 0 Å². The zero-order valence-electron chi connectivity index (χ0n) is 32.4. The van der Waals surface area contributed by atoms with Crippen molar-refractivity contribution >= 4 is 28.0 Å². The summed E-state index contributed by atoms with van der Waals surface area (Å²) in [5.41, 5.74) is 4.71. The molecule has 0 aliphatic rings. The molecule has 272 valence electrons. The van der Waals surface area contributed by atoms with Crippen molar-refractivity contribution in [1.82, 2.24) is 0 Å². The number of benzene rings is 4. The molecule has 0 amide bonds. The number of unbranched alkanes of at least 4 members (excludes halogenated alkanes) is 4. The highest BCUT2D eigenvalue weighted by Gasteiger charge is 2.32. The Morgan fingerprint density at radius 1 is 0.360 bits per heavy atom. The molecule has 0 heterocycles. The smallest absolute Gasteiger partial charge is 0.118 e. The van der Waals surface area contributed by atoms with Crippen molar-refractivity contribution in [1.29, 1.82) is 0 Å². The molecule has 6 heteroatoms. The van der Waals surface area contributed by atoms with E-state index in [1.54, 1.807) is 28.4 Å². The van der Waals surface area contributed by atoms with Crippen molar-refractivity contribution in [3.8, 4) is 23.0 Å². The van der Waals surface area contributed by atoms with Crippen molar-refractivity contribution in [2.75, 3.05) is 54.6 Å². The third-order valence-corrected chi connectivity index (χ3v) is 10.4. The number of quaternary nitrogens is 1. The van der Waals surface area contributed by atoms with Crippen LogP contribution in [-0.4, -0.2) is 65.2 Å². The van der Waals surface area contributed by atoms with Gasteiger partial charge in [0.25, 0.3) is 0 Å². The molecule has 4 rings (SSSR count). The third-order valence-electron chi connectivity index (χ3n) is 10.4. The molecule has 0 bridgehead atoms. The summed E-state index contributed by atoms with van der Waals surface area (Å²) >= 11 is 0. The van der Waals surface area contributed by atoms with Gasteiger partial charge in [-0.25, -0.2) is 0 Å². The van der Waals surface area contributed by atoms with E-state index >= 15 is 0 Å². The first-order valence-corrected chi connectivity index (χ1v) is 19.0. The van der Waals surface area contributed by atoms with Gasteiger partial charge in [-0.1, -0.05) is 102 Å². The van der Waals surface area contributed by atoms with Crippen LogP contribution in [0.4, 0.5) is 0 Å². The van der Waals surface area contributed by atoms with E-state index in [2.05, 4.69) is 76.2 Å². The molecule has 0 saturated heterocycles. The summed E-state index contributed by atoms with van der Waals surface area (Å²) in [5, 5.41) is 0. The molecule has 0 fully saturated rings. The van der Waals surface area contributed by atoms with E-state index in [9.17, 15) is 0 Å². The Bertz CT molecular complexity index is 1240. The molecule has 0 radical (unpaired) electrons. The van der Waals surface area contributed by atoms with Crippen LogP contribution in [0.2, 0.25) is 0 Å². The van der Waals surface area contributed by atoms with Gasteiger partial charge in [0.2, 0.25) is 0 Å². The molecule has 0 aliphatic heterocycles. The summed E-state index contributed by atoms with van der Waals surface area (Å²) in [6.07, 6.45) is 9.54. The fraction of sp³-hybridized carbons (Fsp3) is 0.455. The van der Waals surface area contributed by atoms with E-state index in [0.717, 1.165) is 23.0 Å². The maximum absolute atomic E-state index is 5.45. The van der Waals surface area contributed by atoms with E-state index < -0.39 is 6.15 Å². The average Bonchev–Trinajstić information content (AvgIpc) is 3.19. The SMILES string of the molecule is CCCC[N+](CCCC)(CCCC)CCCC.COc1ccc([B-](c2ccc(OC)cc2)(c2ccc(OC)cc2)c2ccc(OC)cc2)cc1. The molecule has 0 N–H and O–H groups in total. The highest BCUT2D eigenvalue weighted by atomic mass is 16.5. The van der Waals surface area contributed by atoms with Crippen molar-refractivity contribution in [3.63, 3.8) is 0 Å². The Labute approximate surface area is 304 Å². The van der Waals surface area contributed by atoms with Gasteiger partial charge in [-0.3, -0.25) is 0 Å². The first-order chi connectivity index (χ1) is 24.4. The number of methoxy groups -OCH3 is 4. The number of hydrogen-bond acceptors (Lipinski definition) is 4. The first-order valence-electron chi connectivity index (χ1n) is 19.0. The molecule has 0 aromatic heterocycles. The lowest BCUT2D eigenvalue weighted by molar-refractivity contribution is -0.929. The van der Waals surface area contributed by atoms with E-state index in [0.29, 0.717) is 0 Å². The van der Waals surface area contributed by atoms with E-state index in [1.165, 1.54) is 104 Å². The Morgan fingerprint density at radius 2 is 0.560 bits per heavy atom. The lowest BCUT2D eigenvalue weighted by Gasteiger charge is -2.44. The fourth-order valence-corrected chi connectivity index (χ4v) is 7.37. The number of rotatable bonds is 20. The molecule has 5 nitrogen and oxygen atoms in total. The maximum Gasteiger partial charge on any atom is 0.118 e. The monoisotopic (exact) mass is 681 g/mol. The molecule has 4 aromatic rings. The second-order valence-electron chi connectivity index (χ2n) is 13.6. The van der Waals surface area contributed by atoms with Gasteiger partial charge in [-0.05, 0) is 74.2 Å². The Balaban J connectivity index is 0.000000338. The molecule has 4 aromatic carbocycles. The predicted octanol–water partition coefficient (Wildman–Crippen LogP) is 8.10. The van der Waals surface area contributed by atoms with Crippen molar-refractivity contribution in [2.24, 2.45) is 0 Å². The van der Waals surface area contributed by atoms with Crippen molar-refractivity contribution in [2.45, 2.75) is 79.1 Å². The minimum absolute atomic E-state index is 0.822. The van der Waals surface area contributed by atoms with Crippen LogP contribution in [0.3, 0.4) is 0 Å². The van der Waals surface area contributed by atoms with Gasteiger partial charge in [0, 0.05) is 0 Å². The normalized spacial score (nSPS) is 11.4. The van der Waals surface area contributed by atoms with Gasteiger partial charge < -0.3 is 23.4 Å². The standard InChI is InChI=1S/C28H28BO4.C16H36N/c1-30-25-13-5-21(6-14-25)29(22-7-15-26(31-2)16-8-22,23-9-17-27(32-3)18-10-23)24-11-19-28(33-4)20-12-24;1-5-9-13-17(14-10-6-2,15-11-7-3)16-12-8-4/h5-20H,1-4H3;5-16H2,1-4H3/q-1;+1. The molecule has 0 spiro atoms. The summed E-state index contributed by atoms with van der Waals surface area (Å²) < 4.78 is 23.2. The summed E-state index contributed by atoms with van der Waals surface area (Å²) in [4.78, 5) is 0. The summed E-state index contributed by atoms with van der Waals surface area (Å²) in [5.74, 6) is 3.29. The fourth-order valence-electron chi connectivity index (χ4n) is 7.37. The van der Waals surface area contributed by atoms with Gasteiger partial charge in [-0.2, -0.15) is 21.9 Å². The lowest BCUT2D eigenvalue weighted by Crippen LogP contribution is -2.74. The van der Waals surface area contributed by atoms with E-state index in [1.807, 2.05) is 48.5 Å². The first kappa shape index (κ1) is 40.5. The minimum Gasteiger partial charge on any atom is -0.497 e. The lowest BCUT2D eigenvalue weighted by atomic mass is 9.13. The van der Waals surface area contributed by atoms with Gasteiger partial charge in [0.05, 0.1) is 54.6 Å². The Hall–Kier alpha value is -3.90. The van der Waals surface area contributed by atoms with E-state index in [-0.39, 0.29) is 0 Å². The molecule has 50 heavy (non-hydrogen) atoms. The molecular weight excluding hydrogens is 617 g/mol. The highest BCUT2D eigenvalue weighted by molar-refractivity contribution is 7.19. The van der Waals surface area contributed by atoms with Crippen LogP contribution in [0.15, 0.2) is 97.1 Å². The van der Waals surface area contributed by atoms with Crippen LogP contribution in [0.1, 0.15) is 79.1 Å². The average molecular weight is 682 g/mol. The number of hydrogen-bond donors (Lipinski definition) is 0. The maximum atomic E-state index is 5.45. The van der Waals surface area contributed by atoms with Crippen LogP contribution in [0.5, 0.6) is 23.0 Å². The van der Waals surface area contributed by atoms with Gasteiger partial charge in [-0.15, -0.1) is 0 Å². The largest absolute Gasteiger partial charge is 0.497 e. The highest BCUT2D eigenvalue weighted by Crippen LogP contribution is 2.19. The quantitative estimate of drug-likeness (QED) is 0.0698. The second kappa shape index (κ2) is 21.4. The summed E-state index contributed by atoms with van der Waals surface area (Å²) in [6, 6.07) is 33.3. The molecule has 0 aliphatic carbocycles. The minimum atomic E-state index is -1.52. The van der Waals surface area contributed by atoms with Crippen molar-refractivity contribution in [3.05, 3.63) is 97.1 Å². The summed E-state index contributed by atoms with van der Waals surface area (Å²) in [7, 11) is 6.74. The Morgan fingerprint density at radius 3 is 0.720 bits per heavy atom. The topological polar surface area (TPSA) is 36.9 Å². The van der Waals surface area contributed by atoms with Crippen LogP contribution in [0, 0.1) is 0 Å². The molecule has 0 unspecified atom stereocenters. The third kappa shape index (κ3) is 10.6. The van der Waals surface area contributed by atoms with Crippen molar-refractivity contribution < 1.29 is 23.4 Å². The molecule has 0 atom stereocenters. The Kier molecular flexibility index (Phi) is 17.3. The van der Waals surface area contributed by atoms with Crippen LogP contribution in [-0.2, 0) is 0 Å². The van der Waals surface area contributed by atoms with Crippen LogP contribution < -0.4 is 40.8 Å². The van der Waals surface area contributed by atoms with Gasteiger partial charge >= 0.3 is 0 Å². The zero-order valence-corrected chi connectivity index (χ0v) is 32.4.